The van der Waals surface area contributed by atoms with E-state index in [1.165, 1.54) is 32.0 Å². The lowest BCUT2D eigenvalue weighted by Crippen LogP contribution is -2.41. The minimum atomic E-state index is -5.10. The van der Waals surface area contributed by atoms with Crippen LogP contribution in [0.5, 0.6) is 0 Å². The molecule has 1 saturated carbocycles. The van der Waals surface area contributed by atoms with Crippen LogP contribution in [0.15, 0.2) is 95.7 Å². The number of fused-ring (bicyclic) bond motifs is 2. The molecule has 4 aromatic carbocycles. The van der Waals surface area contributed by atoms with Crippen molar-refractivity contribution in [3.8, 4) is 22.5 Å². The summed E-state index contributed by atoms with van der Waals surface area (Å²) in [6.07, 6.45) is 3.34. The van der Waals surface area contributed by atoms with Crippen molar-refractivity contribution in [1.29, 1.82) is 0 Å². The summed E-state index contributed by atoms with van der Waals surface area (Å²) in [6, 6.07) is 16.2. The molecule has 3 aliphatic rings. The Morgan fingerprint density at radius 3 is 1.90 bits per heavy atom. The van der Waals surface area contributed by atoms with Crippen molar-refractivity contribution in [3.63, 3.8) is 0 Å². The van der Waals surface area contributed by atoms with Gasteiger partial charge < -0.3 is 9.73 Å². The smallest absolute Gasteiger partial charge is 0.296 e. The predicted octanol–water partition coefficient (Wildman–Crippen LogP) is 8.63. The summed E-state index contributed by atoms with van der Waals surface area (Å²) in [5, 5.41) is 3.20. The van der Waals surface area contributed by atoms with E-state index in [9.17, 15) is 47.3 Å². The maximum Gasteiger partial charge on any atom is 0.296 e. The van der Waals surface area contributed by atoms with Gasteiger partial charge in [0.2, 0.25) is 10.0 Å². The van der Waals surface area contributed by atoms with Gasteiger partial charge in [0.05, 0.1) is 15.9 Å². The van der Waals surface area contributed by atoms with Crippen LogP contribution in [0.3, 0.4) is 0 Å². The summed E-state index contributed by atoms with van der Waals surface area (Å²) < 4.78 is 145. The molecule has 63 heavy (non-hydrogen) atoms. The maximum absolute atomic E-state index is 14.4. The van der Waals surface area contributed by atoms with E-state index in [1.807, 2.05) is 6.92 Å². The van der Waals surface area contributed by atoms with Gasteiger partial charge in [-0.15, -0.1) is 0 Å². The van der Waals surface area contributed by atoms with Crippen molar-refractivity contribution in [3.05, 3.63) is 105 Å². The molecule has 15 nitrogen and oxygen atoms in total. The molecule has 2 aliphatic carbocycles. The lowest BCUT2D eigenvalue weighted by molar-refractivity contribution is 0.310. The SMILES string of the molecule is Cc1cc(C)c(S(=O)(=O)O)c(C)c1/N=c1\cc2oc3cc(Nc4c(C)cc(C)c(S(=O)(=O)O)c4C)ccc3c(-c3ccccc3S(=O)(=O)NC3CCCCC3C)c-2cc1S(=O)(=O)O. The molecular weight excluding hydrogens is 891 g/mol. The monoisotopic (exact) mass is 937 g/mol. The van der Waals surface area contributed by atoms with E-state index in [2.05, 4.69) is 15.0 Å². The zero-order valence-electron chi connectivity index (χ0n) is 35.4. The number of benzene rings is 5. The van der Waals surface area contributed by atoms with Gasteiger partial charge in [0.25, 0.3) is 30.4 Å². The van der Waals surface area contributed by atoms with Gasteiger partial charge in [0.1, 0.15) is 26.0 Å². The number of nitrogens with one attached hydrogen (secondary N) is 2. The van der Waals surface area contributed by atoms with E-state index in [0.29, 0.717) is 39.9 Å². The topological polar surface area (TPSA) is 247 Å². The zero-order valence-corrected chi connectivity index (χ0v) is 38.7. The molecule has 0 aromatic heterocycles. The van der Waals surface area contributed by atoms with E-state index in [1.54, 1.807) is 70.2 Å². The number of aryl methyl sites for hydroxylation is 4. The summed E-state index contributed by atoms with van der Waals surface area (Å²) in [6.45, 7) is 11.4. The fourth-order valence-corrected chi connectivity index (χ4v) is 13.1. The molecule has 1 fully saturated rings. The lowest BCUT2D eigenvalue weighted by atomic mass is 9.87. The van der Waals surface area contributed by atoms with Crippen molar-refractivity contribution in [2.24, 2.45) is 10.9 Å². The number of sulfonamides is 1. The average Bonchev–Trinajstić information content (AvgIpc) is 3.16. The summed E-state index contributed by atoms with van der Waals surface area (Å²) in [7, 11) is -18.7. The molecule has 5 N–H and O–H groups in total. The predicted molar refractivity (Wildman–Crippen MR) is 239 cm³/mol. The molecule has 0 bridgehead atoms. The Bertz CT molecular complexity index is 3380. The van der Waals surface area contributed by atoms with Gasteiger partial charge in [-0.05, 0) is 118 Å². The Morgan fingerprint density at radius 2 is 1.27 bits per heavy atom. The van der Waals surface area contributed by atoms with Gasteiger partial charge in [-0.25, -0.2) is 18.1 Å². The van der Waals surface area contributed by atoms with Gasteiger partial charge in [0.15, 0.2) is 0 Å². The van der Waals surface area contributed by atoms with E-state index in [4.69, 9.17) is 4.42 Å². The molecular formula is C44H47N3O12S4. The van der Waals surface area contributed by atoms with Gasteiger partial charge in [-0.3, -0.25) is 13.7 Å². The van der Waals surface area contributed by atoms with Crippen LogP contribution in [-0.2, 0) is 40.4 Å². The number of anilines is 2. The molecule has 2 unspecified atom stereocenters. The third kappa shape index (κ3) is 8.93. The highest BCUT2D eigenvalue weighted by atomic mass is 32.2. The first kappa shape index (κ1) is 46.0. The summed E-state index contributed by atoms with van der Waals surface area (Å²) in [4.78, 5) is 3.07. The Labute approximate surface area is 367 Å². The normalized spacial score (nSPS) is 16.8. The minimum absolute atomic E-state index is 0.00229. The highest BCUT2D eigenvalue weighted by Gasteiger charge is 2.31. The first-order chi connectivity index (χ1) is 29.3. The van der Waals surface area contributed by atoms with Crippen LogP contribution in [0.2, 0.25) is 0 Å². The van der Waals surface area contributed by atoms with Crippen molar-refractivity contribution >= 4 is 68.4 Å². The van der Waals surface area contributed by atoms with E-state index in [0.717, 1.165) is 25.3 Å². The van der Waals surface area contributed by atoms with Crippen LogP contribution in [0.25, 0.3) is 33.4 Å². The second-order valence-corrected chi connectivity index (χ2v) is 22.1. The number of hydrogen-bond acceptors (Lipinski definition) is 11. The summed E-state index contributed by atoms with van der Waals surface area (Å²) in [5.74, 6) is 0.0580. The van der Waals surface area contributed by atoms with Crippen LogP contribution in [0.1, 0.15) is 66.0 Å². The summed E-state index contributed by atoms with van der Waals surface area (Å²) >= 11 is 0. The molecule has 0 amide bonds. The standard InChI is InChI=1S/C44H47N3O12S4/c1-23-12-8-10-14-34(23)47-60(48,49)38-15-11-9-13-32(38)40-31-17-16-30(45-41-24(2)18-26(4)43(28(41)6)62(53,54)55)20-36(31)59-37-22-35(39(21-33(37)40)61(50,51)52)46-42-25(3)19-27(5)44(29(42)7)63(56,57)58/h9,11,13,15-23,34,45,47H,8,10,12,14H2,1-7H3,(H,50,51,52)(H,53,54,55)(H,56,57,58)/b46-35+. The Hall–Kier alpha value is -4.99. The number of nitrogens with zero attached hydrogens (tertiary/aromatic N) is 1. The van der Waals surface area contributed by atoms with Crippen LogP contribution >= 0.6 is 0 Å². The van der Waals surface area contributed by atoms with Crippen LogP contribution in [0, 0.1) is 47.5 Å². The van der Waals surface area contributed by atoms with Crippen molar-refractivity contribution in [2.75, 3.05) is 5.32 Å². The van der Waals surface area contributed by atoms with Crippen molar-refractivity contribution in [1.82, 2.24) is 4.72 Å². The molecule has 4 aromatic rings. The van der Waals surface area contributed by atoms with Crippen molar-refractivity contribution in [2.45, 2.75) is 99.8 Å². The fourth-order valence-electron chi connectivity index (χ4n) is 8.98. The quantitative estimate of drug-likeness (QED) is 0.0638. The Balaban J connectivity index is 1.56. The molecule has 0 saturated heterocycles. The first-order valence-corrected chi connectivity index (χ1v) is 25.7. The Kier molecular flexibility index (Phi) is 12.1. The maximum atomic E-state index is 14.4. The highest BCUT2D eigenvalue weighted by Crippen LogP contribution is 2.45. The molecule has 1 aliphatic heterocycles. The highest BCUT2D eigenvalue weighted by molar-refractivity contribution is 7.89. The first-order valence-electron chi connectivity index (χ1n) is 19.9. The van der Waals surface area contributed by atoms with Gasteiger partial charge in [0, 0.05) is 51.6 Å². The van der Waals surface area contributed by atoms with E-state index >= 15 is 0 Å². The fraction of sp³-hybridized carbons (Fsp3) is 0.295. The Morgan fingerprint density at radius 1 is 0.651 bits per heavy atom. The van der Waals surface area contributed by atoms with E-state index < -0.39 is 50.2 Å². The van der Waals surface area contributed by atoms with Crippen molar-refractivity contribution < 1.29 is 51.7 Å². The van der Waals surface area contributed by atoms with Gasteiger partial charge >= 0.3 is 0 Å². The van der Waals surface area contributed by atoms with Crippen LogP contribution in [0.4, 0.5) is 17.1 Å². The van der Waals surface area contributed by atoms with Gasteiger partial charge in [-0.2, -0.15) is 25.3 Å². The second kappa shape index (κ2) is 16.5. The number of rotatable bonds is 10. The van der Waals surface area contributed by atoms with E-state index in [-0.39, 0.29) is 77.5 Å². The molecule has 19 heteroatoms. The second-order valence-electron chi connectivity index (χ2n) is 16.3. The molecule has 2 atom stereocenters. The lowest BCUT2D eigenvalue weighted by Gasteiger charge is -2.29. The average molecular weight is 938 g/mol. The third-order valence-electron chi connectivity index (χ3n) is 11.7. The largest absolute Gasteiger partial charge is 0.456 e. The molecule has 0 radical (unpaired) electrons. The summed E-state index contributed by atoms with van der Waals surface area (Å²) in [5.41, 5.74) is 3.33. The minimum Gasteiger partial charge on any atom is -0.456 e. The zero-order chi connectivity index (χ0) is 46.1. The van der Waals surface area contributed by atoms with Gasteiger partial charge in [-0.1, -0.05) is 50.1 Å². The van der Waals surface area contributed by atoms with Crippen LogP contribution in [-0.4, -0.2) is 53.4 Å². The third-order valence-corrected chi connectivity index (χ3v) is 16.4. The molecule has 334 valence electrons. The molecule has 7 rings (SSSR count). The molecule has 1 heterocycles. The van der Waals surface area contributed by atoms with Crippen LogP contribution < -0.4 is 15.4 Å². The number of hydrogen-bond donors (Lipinski definition) is 5. The molecule has 0 spiro atoms.